The number of anilines is 1. The van der Waals surface area contributed by atoms with Crippen LogP contribution >= 0.6 is 0 Å². The van der Waals surface area contributed by atoms with Gasteiger partial charge in [0.05, 0.1) is 17.3 Å². The Hall–Kier alpha value is -1.07. The predicted molar refractivity (Wildman–Crippen MR) is 76.4 cm³/mol. The molecule has 0 spiro atoms. The molecule has 1 aromatic carbocycles. The summed E-state index contributed by atoms with van der Waals surface area (Å²) in [6.45, 7) is 4.29. The second-order valence-electron chi connectivity index (χ2n) is 5.01. The number of hydrogen-bond donors (Lipinski definition) is 0. The van der Waals surface area contributed by atoms with Gasteiger partial charge in [0.1, 0.15) is 0 Å². The maximum Gasteiger partial charge on any atom is 0.178 e. The molecule has 1 aliphatic heterocycles. The summed E-state index contributed by atoms with van der Waals surface area (Å²) < 4.78 is 28.8. The molecule has 1 aromatic rings. The number of ether oxygens (including phenoxy) is 1. The Kier molecular flexibility index (Phi) is 4.47. The highest BCUT2D eigenvalue weighted by atomic mass is 32.2. The van der Waals surface area contributed by atoms with Gasteiger partial charge in [-0.2, -0.15) is 0 Å². The number of hydrogen-bond acceptors (Lipinski definition) is 4. The van der Waals surface area contributed by atoms with Crippen molar-refractivity contribution in [3.8, 4) is 0 Å². The minimum atomic E-state index is -3.10. The van der Waals surface area contributed by atoms with Gasteiger partial charge in [-0.25, -0.2) is 8.42 Å². The van der Waals surface area contributed by atoms with E-state index in [9.17, 15) is 8.42 Å². The van der Waals surface area contributed by atoms with Gasteiger partial charge in [0.2, 0.25) is 0 Å². The first kappa shape index (κ1) is 14.3. The smallest absolute Gasteiger partial charge is 0.178 e. The van der Waals surface area contributed by atoms with E-state index in [4.69, 9.17) is 4.74 Å². The van der Waals surface area contributed by atoms with E-state index < -0.39 is 9.84 Å². The van der Waals surface area contributed by atoms with Crippen molar-refractivity contribution in [1.29, 1.82) is 0 Å². The third-order valence-electron chi connectivity index (χ3n) is 3.57. The summed E-state index contributed by atoms with van der Waals surface area (Å²) in [6.07, 6.45) is 1.10. The molecule has 2 rings (SSSR count). The second-order valence-corrected chi connectivity index (χ2v) is 7.29. The summed E-state index contributed by atoms with van der Waals surface area (Å²) in [5, 5.41) is 0. The monoisotopic (exact) mass is 283 g/mol. The minimum Gasteiger partial charge on any atom is -0.381 e. The first-order chi connectivity index (χ1) is 9.03. The molecular formula is C14H21NO3S. The van der Waals surface area contributed by atoms with Gasteiger partial charge < -0.3 is 9.64 Å². The van der Waals surface area contributed by atoms with Gasteiger partial charge >= 0.3 is 0 Å². The van der Waals surface area contributed by atoms with Crippen LogP contribution in [0.25, 0.3) is 0 Å². The lowest BCUT2D eigenvalue weighted by Gasteiger charge is -2.22. The number of benzene rings is 1. The zero-order valence-electron chi connectivity index (χ0n) is 11.5. The molecule has 1 saturated heterocycles. The fourth-order valence-electron chi connectivity index (χ4n) is 2.29. The van der Waals surface area contributed by atoms with Crippen LogP contribution in [0.15, 0.2) is 29.2 Å². The molecule has 1 aliphatic rings. The van der Waals surface area contributed by atoms with Crippen LogP contribution < -0.4 is 4.90 Å². The number of nitrogens with zero attached hydrogens (tertiary/aromatic N) is 1. The average Bonchev–Trinajstić information content (AvgIpc) is 2.91. The quantitative estimate of drug-likeness (QED) is 0.828. The summed E-state index contributed by atoms with van der Waals surface area (Å²) in [7, 11) is -1.07. The summed E-state index contributed by atoms with van der Waals surface area (Å²) in [4.78, 5) is 2.55. The summed E-state index contributed by atoms with van der Waals surface area (Å²) in [5.74, 6) is 0.714. The van der Waals surface area contributed by atoms with Crippen molar-refractivity contribution in [3.63, 3.8) is 0 Å². The number of rotatable bonds is 5. The molecule has 1 heterocycles. The Morgan fingerprint density at radius 1 is 1.32 bits per heavy atom. The second kappa shape index (κ2) is 5.92. The summed E-state index contributed by atoms with van der Waals surface area (Å²) in [5.41, 5.74) is 1.04. The molecule has 0 N–H and O–H groups in total. The van der Waals surface area contributed by atoms with Crippen LogP contribution in [-0.2, 0) is 14.6 Å². The fraction of sp³-hybridized carbons (Fsp3) is 0.571. The van der Waals surface area contributed by atoms with Gasteiger partial charge in [-0.1, -0.05) is 6.92 Å². The Balaban J connectivity index is 2.05. The highest BCUT2D eigenvalue weighted by Gasteiger charge is 2.18. The molecule has 1 atom stereocenters. The van der Waals surface area contributed by atoms with E-state index in [0.717, 1.165) is 31.9 Å². The van der Waals surface area contributed by atoms with Gasteiger partial charge in [-0.05, 0) is 30.7 Å². The summed E-state index contributed by atoms with van der Waals surface area (Å²) >= 11 is 0. The Morgan fingerprint density at radius 3 is 2.53 bits per heavy atom. The molecule has 0 saturated carbocycles. The normalized spacial score (nSPS) is 19.6. The Morgan fingerprint density at radius 2 is 2.00 bits per heavy atom. The van der Waals surface area contributed by atoms with Crippen LogP contribution in [0.4, 0.5) is 5.69 Å². The van der Waals surface area contributed by atoms with Crippen molar-refractivity contribution >= 4 is 15.5 Å². The van der Waals surface area contributed by atoms with Crippen LogP contribution in [0.3, 0.4) is 0 Å². The third-order valence-corrected chi connectivity index (χ3v) is 5.32. The van der Waals surface area contributed by atoms with E-state index in [-0.39, 0.29) is 5.75 Å². The van der Waals surface area contributed by atoms with Gasteiger partial charge in [-0.3, -0.25) is 0 Å². The molecule has 4 nitrogen and oxygen atoms in total. The van der Waals surface area contributed by atoms with Crippen molar-refractivity contribution in [1.82, 2.24) is 0 Å². The molecule has 0 bridgehead atoms. The zero-order chi connectivity index (χ0) is 13.9. The molecule has 0 aromatic heterocycles. The van der Waals surface area contributed by atoms with Gasteiger partial charge in [0, 0.05) is 31.8 Å². The topological polar surface area (TPSA) is 46.6 Å². The van der Waals surface area contributed by atoms with E-state index >= 15 is 0 Å². The van der Waals surface area contributed by atoms with Crippen molar-refractivity contribution in [2.24, 2.45) is 5.92 Å². The van der Waals surface area contributed by atoms with Crippen molar-refractivity contribution < 1.29 is 13.2 Å². The first-order valence-electron chi connectivity index (χ1n) is 6.64. The molecule has 1 fully saturated rings. The molecular weight excluding hydrogens is 262 g/mol. The van der Waals surface area contributed by atoms with Gasteiger partial charge in [0.15, 0.2) is 9.84 Å². The minimum absolute atomic E-state index is 0.140. The number of sulfone groups is 1. The predicted octanol–water partition coefficient (Wildman–Crippen LogP) is 1.95. The van der Waals surface area contributed by atoms with Crippen LogP contribution in [-0.4, -0.2) is 41.0 Å². The maximum atomic E-state index is 11.7. The fourth-order valence-corrected chi connectivity index (χ4v) is 3.18. The summed E-state index contributed by atoms with van der Waals surface area (Å²) in [6, 6.07) is 7.13. The van der Waals surface area contributed by atoms with Crippen molar-refractivity contribution in [3.05, 3.63) is 24.3 Å². The van der Waals surface area contributed by atoms with Crippen molar-refractivity contribution in [2.45, 2.75) is 18.2 Å². The average molecular weight is 283 g/mol. The molecule has 0 amide bonds. The highest BCUT2D eigenvalue weighted by molar-refractivity contribution is 7.91. The Labute approximate surface area is 115 Å². The lowest BCUT2D eigenvalue weighted by molar-refractivity contribution is 0.186. The molecule has 0 aliphatic carbocycles. The van der Waals surface area contributed by atoms with E-state index in [0.29, 0.717) is 10.8 Å². The molecule has 106 valence electrons. The Bertz CT molecular complexity index is 504. The van der Waals surface area contributed by atoms with E-state index in [1.165, 1.54) is 0 Å². The van der Waals surface area contributed by atoms with Crippen LogP contribution in [0.2, 0.25) is 0 Å². The maximum absolute atomic E-state index is 11.7. The standard InChI is InChI=1S/C14H21NO3S/c1-3-19(16,17)14-6-4-13(5-7-14)15(2)10-12-8-9-18-11-12/h4-7,12H,3,8-11H2,1-2H3/t12-/m1/s1. The van der Waals surface area contributed by atoms with Crippen LogP contribution in [0, 0.1) is 5.92 Å². The van der Waals surface area contributed by atoms with Gasteiger partial charge in [-0.15, -0.1) is 0 Å². The van der Waals surface area contributed by atoms with E-state index in [1.54, 1.807) is 19.1 Å². The molecule has 0 radical (unpaired) electrons. The first-order valence-corrected chi connectivity index (χ1v) is 8.30. The van der Waals surface area contributed by atoms with Crippen LogP contribution in [0.1, 0.15) is 13.3 Å². The van der Waals surface area contributed by atoms with Crippen molar-refractivity contribution in [2.75, 3.05) is 37.5 Å². The van der Waals surface area contributed by atoms with Gasteiger partial charge in [0.25, 0.3) is 0 Å². The lowest BCUT2D eigenvalue weighted by Crippen LogP contribution is -2.25. The lowest BCUT2D eigenvalue weighted by atomic mass is 10.1. The SMILES string of the molecule is CCS(=O)(=O)c1ccc(N(C)C[C@H]2CCOC2)cc1. The molecule has 19 heavy (non-hydrogen) atoms. The molecule has 0 unspecified atom stereocenters. The third kappa shape index (κ3) is 3.48. The van der Waals surface area contributed by atoms with E-state index in [1.807, 2.05) is 19.2 Å². The van der Waals surface area contributed by atoms with E-state index in [2.05, 4.69) is 4.90 Å². The van der Waals surface area contributed by atoms with Crippen LogP contribution in [0.5, 0.6) is 0 Å². The zero-order valence-corrected chi connectivity index (χ0v) is 12.3. The highest BCUT2D eigenvalue weighted by Crippen LogP contribution is 2.21. The largest absolute Gasteiger partial charge is 0.381 e. The molecule has 5 heteroatoms.